The molecule has 1 aromatic heterocycles. The quantitative estimate of drug-likeness (QED) is 0.823. The van der Waals surface area contributed by atoms with Crippen LogP contribution in [0.25, 0.3) is 0 Å². The first kappa shape index (κ1) is 14.2. The maximum absolute atomic E-state index is 12.7. The number of nitrogens with one attached hydrogen (secondary N) is 1. The highest BCUT2D eigenvalue weighted by Crippen LogP contribution is 2.11. The Kier molecular flexibility index (Phi) is 4.87. The van der Waals surface area contributed by atoms with Crippen LogP contribution in [-0.2, 0) is 0 Å². The van der Waals surface area contributed by atoms with E-state index in [0.29, 0.717) is 12.4 Å². The first-order valence-corrected chi connectivity index (χ1v) is 6.57. The Labute approximate surface area is 118 Å². The highest BCUT2D eigenvalue weighted by molar-refractivity contribution is 5.39. The average Bonchev–Trinajstić information content (AvgIpc) is 2.44. The zero-order chi connectivity index (χ0) is 14.4. The molecule has 0 amide bonds. The lowest BCUT2D eigenvalue weighted by Gasteiger charge is -2.09. The second-order valence-corrected chi connectivity index (χ2v) is 4.53. The second kappa shape index (κ2) is 6.84. The monoisotopic (exact) mass is 275 g/mol. The van der Waals surface area contributed by atoms with Gasteiger partial charge in [0.25, 0.3) is 0 Å². The van der Waals surface area contributed by atoms with E-state index in [1.807, 2.05) is 13.8 Å². The molecular formula is C15H18FN3O. The fourth-order valence-electron chi connectivity index (χ4n) is 1.70. The molecule has 2 aromatic rings. The number of benzene rings is 1. The number of halogens is 1. The summed E-state index contributed by atoms with van der Waals surface area (Å²) in [4.78, 5) is 8.62. The Morgan fingerprint density at radius 1 is 1.20 bits per heavy atom. The Bertz CT molecular complexity index is 558. The molecule has 0 saturated heterocycles. The number of anilines is 1. The predicted octanol–water partition coefficient (Wildman–Crippen LogP) is 3.11. The maximum atomic E-state index is 12.7. The number of hydrogen-bond donors (Lipinski definition) is 1. The molecule has 0 bridgehead atoms. The van der Waals surface area contributed by atoms with E-state index in [1.165, 1.54) is 12.1 Å². The van der Waals surface area contributed by atoms with Crippen LogP contribution in [0.15, 0.2) is 30.5 Å². The predicted molar refractivity (Wildman–Crippen MR) is 76.5 cm³/mol. The van der Waals surface area contributed by atoms with Gasteiger partial charge in [0.15, 0.2) is 0 Å². The van der Waals surface area contributed by atoms with Gasteiger partial charge in [-0.15, -0.1) is 0 Å². The van der Waals surface area contributed by atoms with Gasteiger partial charge in [-0.2, -0.15) is 0 Å². The fraction of sp³-hybridized carbons (Fsp3) is 0.333. The molecule has 0 unspecified atom stereocenters. The molecule has 2 rings (SSSR count). The van der Waals surface area contributed by atoms with Crippen molar-refractivity contribution in [1.82, 2.24) is 9.97 Å². The van der Waals surface area contributed by atoms with Gasteiger partial charge in [0.2, 0.25) is 0 Å². The third-order valence-corrected chi connectivity index (χ3v) is 2.77. The topological polar surface area (TPSA) is 47.0 Å². The van der Waals surface area contributed by atoms with Crippen LogP contribution in [0.1, 0.15) is 17.8 Å². The smallest absolute Gasteiger partial charge is 0.147 e. The summed E-state index contributed by atoms with van der Waals surface area (Å²) in [7, 11) is 0. The van der Waals surface area contributed by atoms with Crippen molar-refractivity contribution in [3.05, 3.63) is 47.7 Å². The summed E-state index contributed by atoms with van der Waals surface area (Å²) in [5.74, 6) is 1.23. The van der Waals surface area contributed by atoms with E-state index < -0.39 is 0 Å². The molecule has 0 fully saturated rings. The molecule has 0 aliphatic rings. The van der Waals surface area contributed by atoms with Crippen molar-refractivity contribution < 1.29 is 9.13 Å². The Hall–Kier alpha value is -2.17. The van der Waals surface area contributed by atoms with E-state index in [1.54, 1.807) is 18.3 Å². The summed E-state index contributed by atoms with van der Waals surface area (Å²) in [5.41, 5.74) is 1.77. The van der Waals surface area contributed by atoms with Gasteiger partial charge in [-0.05, 0) is 44.5 Å². The van der Waals surface area contributed by atoms with Crippen LogP contribution >= 0.6 is 0 Å². The third kappa shape index (κ3) is 4.19. The van der Waals surface area contributed by atoms with E-state index in [2.05, 4.69) is 15.3 Å². The minimum absolute atomic E-state index is 0.257. The molecule has 1 aromatic carbocycles. The summed E-state index contributed by atoms with van der Waals surface area (Å²) in [6.45, 7) is 5.15. The van der Waals surface area contributed by atoms with Crippen molar-refractivity contribution in [2.24, 2.45) is 0 Å². The highest BCUT2D eigenvalue weighted by atomic mass is 19.1. The molecule has 0 radical (unpaired) electrons. The number of ether oxygens (including phenoxy) is 1. The highest BCUT2D eigenvalue weighted by Gasteiger charge is 2.01. The van der Waals surface area contributed by atoms with Crippen molar-refractivity contribution in [1.29, 1.82) is 0 Å². The summed E-state index contributed by atoms with van der Waals surface area (Å²) >= 11 is 0. The van der Waals surface area contributed by atoms with Gasteiger partial charge in [-0.25, -0.2) is 9.37 Å². The van der Waals surface area contributed by atoms with Crippen molar-refractivity contribution in [2.75, 3.05) is 18.5 Å². The van der Waals surface area contributed by atoms with Crippen molar-refractivity contribution in [3.8, 4) is 5.75 Å². The first-order valence-electron chi connectivity index (χ1n) is 6.57. The Balaban J connectivity index is 1.71. The lowest BCUT2D eigenvalue weighted by atomic mass is 10.3. The van der Waals surface area contributed by atoms with Crippen LogP contribution in [0.2, 0.25) is 0 Å². The van der Waals surface area contributed by atoms with Crippen LogP contribution in [-0.4, -0.2) is 23.1 Å². The molecule has 0 aliphatic carbocycles. The van der Waals surface area contributed by atoms with Crippen LogP contribution in [0.3, 0.4) is 0 Å². The number of nitrogens with zero attached hydrogens (tertiary/aromatic N) is 2. The number of aryl methyl sites for hydroxylation is 2. The van der Waals surface area contributed by atoms with Gasteiger partial charge < -0.3 is 10.1 Å². The van der Waals surface area contributed by atoms with Crippen molar-refractivity contribution in [2.45, 2.75) is 20.3 Å². The average molecular weight is 275 g/mol. The van der Waals surface area contributed by atoms with Crippen molar-refractivity contribution >= 4 is 5.82 Å². The summed E-state index contributed by atoms with van der Waals surface area (Å²) < 4.78 is 18.2. The molecule has 1 heterocycles. The summed E-state index contributed by atoms with van der Waals surface area (Å²) in [5, 5.41) is 3.24. The molecule has 0 saturated carbocycles. The fourth-order valence-corrected chi connectivity index (χ4v) is 1.70. The number of rotatable bonds is 6. The largest absolute Gasteiger partial charge is 0.494 e. The summed E-state index contributed by atoms with van der Waals surface area (Å²) in [6, 6.07) is 6.02. The number of hydrogen-bond acceptors (Lipinski definition) is 4. The molecule has 1 N–H and O–H groups in total. The normalized spacial score (nSPS) is 10.3. The summed E-state index contributed by atoms with van der Waals surface area (Å²) in [6.07, 6.45) is 2.57. The zero-order valence-corrected chi connectivity index (χ0v) is 11.7. The van der Waals surface area contributed by atoms with Crippen LogP contribution in [0, 0.1) is 19.7 Å². The lowest BCUT2D eigenvalue weighted by molar-refractivity contribution is 0.314. The maximum Gasteiger partial charge on any atom is 0.147 e. The molecular weight excluding hydrogens is 257 g/mol. The SMILES string of the molecule is Cc1cnc(C)c(NCCCOc2ccc(F)cc2)n1. The third-order valence-electron chi connectivity index (χ3n) is 2.77. The van der Waals surface area contributed by atoms with E-state index in [0.717, 1.165) is 30.2 Å². The second-order valence-electron chi connectivity index (χ2n) is 4.53. The lowest BCUT2D eigenvalue weighted by Crippen LogP contribution is -2.10. The zero-order valence-electron chi connectivity index (χ0n) is 11.7. The molecule has 0 atom stereocenters. The van der Waals surface area contributed by atoms with Crippen LogP contribution < -0.4 is 10.1 Å². The standard InChI is InChI=1S/C15H18FN3O/c1-11-10-18-12(2)15(19-11)17-8-3-9-20-14-6-4-13(16)5-7-14/h4-7,10H,3,8-9H2,1-2H3,(H,17,19). The Morgan fingerprint density at radius 2 is 1.95 bits per heavy atom. The van der Waals surface area contributed by atoms with Gasteiger partial charge in [-0.1, -0.05) is 0 Å². The molecule has 20 heavy (non-hydrogen) atoms. The van der Waals surface area contributed by atoms with Gasteiger partial charge in [0, 0.05) is 12.7 Å². The molecule has 0 aliphatic heterocycles. The van der Waals surface area contributed by atoms with Crippen LogP contribution in [0.4, 0.5) is 10.2 Å². The first-order chi connectivity index (χ1) is 9.65. The van der Waals surface area contributed by atoms with Gasteiger partial charge in [0.05, 0.1) is 18.0 Å². The van der Waals surface area contributed by atoms with Crippen molar-refractivity contribution in [3.63, 3.8) is 0 Å². The molecule has 0 spiro atoms. The van der Waals surface area contributed by atoms with Crippen LogP contribution in [0.5, 0.6) is 5.75 Å². The minimum atomic E-state index is -0.257. The van der Waals surface area contributed by atoms with E-state index in [4.69, 9.17) is 4.74 Å². The Morgan fingerprint density at radius 3 is 2.70 bits per heavy atom. The molecule has 5 heteroatoms. The van der Waals surface area contributed by atoms with Gasteiger partial charge in [0.1, 0.15) is 17.4 Å². The van der Waals surface area contributed by atoms with E-state index in [-0.39, 0.29) is 5.82 Å². The van der Waals surface area contributed by atoms with E-state index in [9.17, 15) is 4.39 Å². The molecule has 106 valence electrons. The van der Waals surface area contributed by atoms with Gasteiger partial charge in [-0.3, -0.25) is 4.98 Å². The van der Waals surface area contributed by atoms with E-state index >= 15 is 0 Å². The number of aromatic nitrogens is 2. The van der Waals surface area contributed by atoms with Gasteiger partial charge >= 0.3 is 0 Å². The minimum Gasteiger partial charge on any atom is -0.494 e. The molecule has 4 nitrogen and oxygen atoms in total.